The van der Waals surface area contributed by atoms with Crippen LogP contribution >= 0.6 is 0 Å². The minimum atomic E-state index is -0.440. The van der Waals surface area contributed by atoms with Gasteiger partial charge in [0.15, 0.2) is 5.71 Å². The number of hydrogen-bond acceptors (Lipinski definition) is 3. The quantitative estimate of drug-likeness (QED) is 0.610. The fourth-order valence-corrected chi connectivity index (χ4v) is 1.55. The number of esters is 1. The van der Waals surface area contributed by atoms with E-state index >= 15 is 0 Å². The number of ether oxygens (including phenoxy) is 1. The second-order valence-corrected chi connectivity index (χ2v) is 3.65. The van der Waals surface area contributed by atoms with Gasteiger partial charge in [-0.3, -0.25) is 0 Å². The first-order valence-corrected chi connectivity index (χ1v) is 5.59. The van der Waals surface area contributed by atoms with Gasteiger partial charge in [0.1, 0.15) is 0 Å². The summed E-state index contributed by atoms with van der Waals surface area (Å²) in [5, 5.41) is 0. The van der Waals surface area contributed by atoms with Gasteiger partial charge in [0.05, 0.1) is 12.8 Å². The van der Waals surface area contributed by atoms with Gasteiger partial charge in [-0.05, 0) is 12.1 Å². The third-order valence-corrected chi connectivity index (χ3v) is 2.42. The monoisotopic (exact) mass is 239 g/mol. The molecule has 3 nitrogen and oxygen atoms in total. The van der Waals surface area contributed by atoms with Gasteiger partial charge in [0.25, 0.3) is 0 Å². The molecule has 2 aromatic carbocycles. The Morgan fingerprint density at radius 1 is 0.944 bits per heavy atom. The Labute approximate surface area is 106 Å². The van der Waals surface area contributed by atoms with Crippen LogP contribution in [0.4, 0.5) is 5.69 Å². The van der Waals surface area contributed by atoms with E-state index in [9.17, 15) is 4.79 Å². The minimum absolute atomic E-state index is 0.310. The zero-order chi connectivity index (χ0) is 12.8. The number of rotatable bonds is 3. The van der Waals surface area contributed by atoms with Crippen molar-refractivity contribution in [3.63, 3.8) is 0 Å². The van der Waals surface area contributed by atoms with Gasteiger partial charge in [-0.1, -0.05) is 48.5 Å². The molecule has 90 valence electrons. The molecule has 0 saturated carbocycles. The van der Waals surface area contributed by atoms with Gasteiger partial charge in [-0.2, -0.15) is 0 Å². The van der Waals surface area contributed by atoms with Gasteiger partial charge in [0.2, 0.25) is 0 Å². The SMILES string of the molecule is COC(=O)C(=Nc1ccccc1)c1ccccc1. The Morgan fingerprint density at radius 3 is 2.06 bits per heavy atom. The Balaban J connectivity index is 2.44. The molecule has 0 N–H and O–H groups in total. The minimum Gasteiger partial charge on any atom is -0.464 e. The average molecular weight is 239 g/mol. The number of aliphatic imine (C=N–C) groups is 1. The molecule has 0 saturated heterocycles. The van der Waals surface area contributed by atoms with Crippen molar-refractivity contribution in [2.45, 2.75) is 0 Å². The summed E-state index contributed by atoms with van der Waals surface area (Å²) in [6, 6.07) is 18.6. The largest absolute Gasteiger partial charge is 0.464 e. The van der Waals surface area contributed by atoms with E-state index in [1.54, 1.807) is 0 Å². The van der Waals surface area contributed by atoms with Crippen LogP contribution in [0.2, 0.25) is 0 Å². The molecular formula is C15H13NO2. The molecule has 0 aliphatic carbocycles. The summed E-state index contributed by atoms with van der Waals surface area (Å²) < 4.78 is 4.77. The number of para-hydroxylation sites is 1. The molecule has 0 radical (unpaired) electrons. The van der Waals surface area contributed by atoms with Gasteiger partial charge < -0.3 is 4.74 Å². The first-order valence-electron chi connectivity index (χ1n) is 5.59. The highest BCUT2D eigenvalue weighted by molar-refractivity contribution is 6.43. The van der Waals surface area contributed by atoms with E-state index in [1.807, 2.05) is 60.7 Å². The number of benzene rings is 2. The standard InChI is InChI=1S/C15H13NO2/c1-18-15(17)14(12-8-4-2-5-9-12)16-13-10-6-3-7-11-13/h2-11H,1H3. The summed E-state index contributed by atoms with van der Waals surface area (Å²) in [5.41, 5.74) is 1.78. The summed E-state index contributed by atoms with van der Waals surface area (Å²) in [7, 11) is 1.35. The Bertz CT molecular complexity index is 547. The maximum absolute atomic E-state index is 11.8. The molecule has 0 bridgehead atoms. The molecule has 2 aromatic rings. The van der Waals surface area contributed by atoms with Crippen molar-refractivity contribution >= 4 is 17.4 Å². The lowest BCUT2D eigenvalue weighted by Gasteiger charge is -2.04. The van der Waals surface area contributed by atoms with Crippen LogP contribution in [0.1, 0.15) is 5.56 Å². The average Bonchev–Trinajstić information content (AvgIpc) is 2.46. The maximum atomic E-state index is 11.8. The van der Waals surface area contributed by atoms with Crippen molar-refractivity contribution in [3.05, 3.63) is 66.2 Å². The van der Waals surface area contributed by atoms with Crippen molar-refractivity contribution in [3.8, 4) is 0 Å². The molecule has 0 atom stereocenters. The van der Waals surface area contributed by atoms with Gasteiger partial charge in [-0.15, -0.1) is 0 Å². The van der Waals surface area contributed by atoms with Crippen LogP contribution in [0.3, 0.4) is 0 Å². The second kappa shape index (κ2) is 5.77. The molecular weight excluding hydrogens is 226 g/mol. The zero-order valence-electron chi connectivity index (χ0n) is 10.0. The molecule has 0 fully saturated rings. The number of carbonyl (C=O) groups is 1. The first-order chi connectivity index (χ1) is 8.81. The Kier molecular flexibility index (Phi) is 3.86. The van der Waals surface area contributed by atoms with Crippen molar-refractivity contribution in [1.29, 1.82) is 0 Å². The highest BCUT2D eigenvalue weighted by Gasteiger charge is 2.13. The summed E-state index contributed by atoms with van der Waals surface area (Å²) in [6.45, 7) is 0. The summed E-state index contributed by atoms with van der Waals surface area (Å²) >= 11 is 0. The van der Waals surface area contributed by atoms with E-state index in [-0.39, 0.29) is 0 Å². The molecule has 0 aromatic heterocycles. The summed E-state index contributed by atoms with van der Waals surface area (Å²) in [5.74, 6) is -0.440. The van der Waals surface area contributed by atoms with Crippen LogP contribution in [0.15, 0.2) is 65.7 Å². The van der Waals surface area contributed by atoms with E-state index < -0.39 is 5.97 Å². The van der Waals surface area contributed by atoms with Gasteiger partial charge in [0, 0.05) is 5.56 Å². The van der Waals surface area contributed by atoms with Crippen molar-refractivity contribution in [2.75, 3.05) is 7.11 Å². The van der Waals surface area contributed by atoms with Crippen LogP contribution in [0, 0.1) is 0 Å². The zero-order valence-corrected chi connectivity index (χ0v) is 10.0. The molecule has 0 spiro atoms. The lowest BCUT2D eigenvalue weighted by molar-refractivity contribution is -0.132. The van der Waals surface area contributed by atoms with Crippen LogP contribution in [-0.4, -0.2) is 18.8 Å². The third kappa shape index (κ3) is 2.83. The van der Waals surface area contributed by atoms with E-state index in [4.69, 9.17) is 4.74 Å². The Hall–Kier alpha value is -2.42. The summed E-state index contributed by atoms with van der Waals surface area (Å²) in [4.78, 5) is 16.1. The predicted molar refractivity (Wildman–Crippen MR) is 71.1 cm³/mol. The van der Waals surface area contributed by atoms with Crippen LogP contribution in [-0.2, 0) is 9.53 Å². The highest BCUT2D eigenvalue weighted by atomic mass is 16.5. The lowest BCUT2D eigenvalue weighted by Crippen LogP contribution is -2.16. The molecule has 3 heteroatoms. The summed E-state index contributed by atoms with van der Waals surface area (Å²) in [6.07, 6.45) is 0. The van der Waals surface area contributed by atoms with Crippen molar-refractivity contribution in [2.24, 2.45) is 4.99 Å². The van der Waals surface area contributed by atoms with Crippen LogP contribution < -0.4 is 0 Å². The lowest BCUT2D eigenvalue weighted by atomic mass is 10.1. The van der Waals surface area contributed by atoms with E-state index in [0.29, 0.717) is 5.71 Å². The van der Waals surface area contributed by atoms with E-state index in [0.717, 1.165) is 11.3 Å². The molecule has 0 heterocycles. The highest BCUT2D eigenvalue weighted by Crippen LogP contribution is 2.13. The first kappa shape index (κ1) is 12.0. The topological polar surface area (TPSA) is 38.7 Å². The predicted octanol–water partition coefficient (Wildman–Crippen LogP) is 2.98. The van der Waals surface area contributed by atoms with E-state index in [1.165, 1.54) is 7.11 Å². The fourth-order valence-electron chi connectivity index (χ4n) is 1.55. The molecule has 2 rings (SSSR count). The molecule has 0 amide bonds. The maximum Gasteiger partial charge on any atom is 0.357 e. The van der Waals surface area contributed by atoms with E-state index in [2.05, 4.69) is 4.99 Å². The molecule has 0 unspecified atom stereocenters. The molecule has 0 aliphatic rings. The number of hydrogen-bond donors (Lipinski definition) is 0. The fraction of sp³-hybridized carbons (Fsp3) is 0.0667. The van der Waals surface area contributed by atoms with Gasteiger partial charge >= 0.3 is 5.97 Å². The van der Waals surface area contributed by atoms with Crippen LogP contribution in [0.5, 0.6) is 0 Å². The second-order valence-electron chi connectivity index (χ2n) is 3.65. The third-order valence-electron chi connectivity index (χ3n) is 2.42. The Morgan fingerprint density at radius 2 is 1.50 bits per heavy atom. The normalized spacial score (nSPS) is 11.1. The number of carbonyl (C=O) groups excluding carboxylic acids is 1. The molecule has 0 aliphatic heterocycles. The number of nitrogens with zero attached hydrogens (tertiary/aromatic N) is 1. The number of methoxy groups -OCH3 is 1. The van der Waals surface area contributed by atoms with Gasteiger partial charge in [-0.25, -0.2) is 9.79 Å². The van der Waals surface area contributed by atoms with Crippen molar-refractivity contribution < 1.29 is 9.53 Å². The molecule has 18 heavy (non-hydrogen) atoms. The van der Waals surface area contributed by atoms with Crippen molar-refractivity contribution in [1.82, 2.24) is 0 Å². The smallest absolute Gasteiger partial charge is 0.357 e. The van der Waals surface area contributed by atoms with Crippen LogP contribution in [0.25, 0.3) is 0 Å².